The fraction of sp³-hybridized carbons (Fsp3) is 0.579. The van der Waals surface area contributed by atoms with Gasteiger partial charge in [0.15, 0.2) is 0 Å². The molecule has 136 valence electrons. The zero-order chi connectivity index (χ0) is 17.8. The van der Waals surface area contributed by atoms with Gasteiger partial charge in [-0.05, 0) is 57.4 Å². The third-order valence-corrected chi connectivity index (χ3v) is 4.75. The summed E-state index contributed by atoms with van der Waals surface area (Å²) in [6.45, 7) is 6.88. The molecule has 1 aromatic rings. The molecule has 0 saturated carbocycles. The number of hydrogen-bond donors (Lipinski definition) is 1. The van der Waals surface area contributed by atoms with Crippen LogP contribution in [0.4, 0.5) is 11.4 Å². The number of amides is 2. The summed E-state index contributed by atoms with van der Waals surface area (Å²) < 4.78 is 5.61. The molecule has 1 aromatic carbocycles. The molecule has 2 fully saturated rings. The van der Waals surface area contributed by atoms with Crippen LogP contribution in [-0.4, -0.2) is 55.1 Å². The van der Waals surface area contributed by atoms with Crippen LogP contribution in [0.3, 0.4) is 0 Å². The molecular formula is C19H27N3O3. The van der Waals surface area contributed by atoms with Crippen molar-refractivity contribution in [2.75, 3.05) is 36.4 Å². The van der Waals surface area contributed by atoms with E-state index in [2.05, 4.69) is 10.2 Å². The number of benzene rings is 1. The van der Waals surface area contributed by atoms with Crippen molar-refractivity contribution in [1.82, 2.24) is 4.90 Å². The van der Waals surface area contributed by atoms with Crippen molar-refractivity contribution in [3.8, 4) is 0 Å². The van der Waals surface area contributed by atoms with Gasteiger partial charge in [-0.15, -0.1) is 0 Å². The Balaban J connectivity index is 1.57. The number of nitrogens with zero attached hydrogens (tertiary/aromatic N) is 2. The van der Waals surface area contributed by atoms with Crippen LogP contribution in [0.1, 0.15) is 33.1 Å². The first-order valence-electron chi connectivity index (χ1n) is 9.13. The number of anilines is 2. The van der Waals surface area contributed by atoms with Gasteiger partial charge in [-0.1, -0.05) is 0 Å². The molecule has 0 bridgehead atoms. The third kappa shape index (κ3) is 4.51. The average molecular weight is 345 g/mol. The highest BCUT2D eigenvalue weighted by molar-refractivity contribution is 6.39. The van der Waals surface area contributed by atoms with Gasteiger partial charge in [0.05, 0.1) is 12.2 Å². The van der Waals surface area contributed by atoms with E-state index < -0.39 is 11.8 Å². The second kappa shape index (κ2) is 7.87. The fourth-order valence-corrected chi connectivity index (χ4v) is 3.58. The number of hydrogen-bond acceptors (Lipinski definition) is 4. The Hall–Kier alpha value is -2.08. The van der Waals surface area contributed by atoms with Gasteiger partial charge in [0.1, 0.15) is 0 Å². The Morgan fingerprint density at radius 2 is 1.60 bits per heavy atom. The van der Waals surface area contributed by atoms with Gasteiger partial charge in [-0.2, -0.15) is 0 Å². The molecule has 2 aliphatic rings. The number of morpholine rings is 1. The van der Waals surface area contributed by atoms with Crippen molar-refractivity contribution in [2.45, 2.75) is 45.3 Å². The molecule has 1 N–H and O–H groups in total. The smallest absolute Gasteiger partial charge is 0.313 e. The molecule has 2 unspecified atom stereocenters. The first-order valence-corrected chi connectivity index (χ1v) is 9.13. The lowest BCUT2D eigenvalue weighted by atomic mass is 10.1. The Morgan fingerprint density at radius 3 is 2.20 bits per heavy atom. The minimum Gasteiger partial charge on any atom is -0.372 e. The molecule has 6 heteroatoms. The van der Waals surface area contributed by atoms with E-state index in [0.29, 0.717) is 18.8 Å². The number of nitrogens with one attached hydrogen (secondary N) is 1. The molecule has 2 aliphatic heterocycles. The van der Waals surface area contributed by atoms with Crippen LogP contribution in [-0.2, 0) is 14.3 Å². The van der Waals surface area contributed by atoms with Crippen LogP contribution in [0.15, 0.2) is 24.3 Å². The van der Waals surface area contributed by atoms with Crippen LogP contribution >= 0.6 is 0 Å². The second-order valence-corrected chi connectivity index (χ2v) is 7.02. The second-order valence-electron chi connectivity index (χ2n) is 7.02. The van der Waals surface area contributed by atoms with E-state index in [4.69, 9.17) is 4.74 Å². The van der Waals surface area contributed by atoms with Gasteiger partial charge >= 0.3 is 11.8 Å². The van der Waals surface area contributed by atoms with E-state index in [1.54, 1.807) is 4.90 Å². The van der Waals surface area contributed by atoms with Gasteiger partial charge in [-0.25, -0.2) is 0 Å². The van der Waals surface area contributed by atoms with Gasteiger partial charge in [-0.3, -0.25) is 9.59 Å². The van der Waals surface area contributed by atoms with E-state index in [0.717, 1.165) is 13.1 Å². The molecule has 0 aromatic heterocycles. The predicted octanol–water partition coefficient (Wildman–Crippen LogP) is 2.25. The Labute approximate surface area is 149 Å². The molecule has 3 rings (SSSR count). The third-order valence-electron chi connectivity index (χ3n) is 4.75. The van der Waals surface area contributed by atoms with E-state index in [1.165, 1.54) is 24.9 Å². The molecule has 25 heavy (non-hydrogen) atoms. The van der Waals surface area contributed by atoms with Gasteiger partial charge in [0.2, 0.25) is 0 Å². The first kappa shape index (κ1) is 17.7. The molecule has 2 atom stereocenters. The Kier molecular flexibility index (Phi) is 5.58. The largest absolute Gasteiger partial charge is 0.372 e. The lowest BCUT2D eigenvalue weighted by Crippen LogP contribution is -2.51. The van der Waals surface area contributed by atoms with Gasteiger partial charge in [0.25, 0.3) is 0 Å². The average Bonchev–Trinajstić information content (AvgIpc) is 2.61. The lowest BCUT2D eigenvalue weighted by Gasteiger charge is -2.34. The van der Waals surface area contributed by atoms with Crippen molar-refractivity contribution >= 4 is 23.2 Å². The number of piperidine rings is 1. The van der Waals surface area contributed by atoms with Gasteiger partial charge < -0.3 is 19.9 Å². The van der Waals surface area contributed by atoms with Crippen molar-refractivity contribution < 1.29 is 14.3 Å². The van der Waals surface area contributed by atoms with Crippen LogP contribution in [0.5, 0.6) is 0 Å². The van der Waals surface area contributed by atoms with Gasteiger partial charge in [0, 0.05) is 37.6 Å². The molecule has 0 radical (unpaired) electrons. The summed E-state index contributed by atoms with van der Waals surface area (Å²) >= 11 is 0. The van der Waals surface area contributed by atoms with Crippen molar-refractivity contribution in [2.24, 2.45) is 0 Å². The minimum absolute atomic E-state index is 0.0515. The standard InChI is InChI=1S/C19H27N3O3/c1-14-12-22(13-15(2)25-14)19(24)18(23)20-16-6-8-17(9-7-16)21-10-4-3-5-11-21/h6-9,14-15H,3-5,10-13H2,1-2H3,(H,20,23). The number of ether oxygens (including phenoxy) is 1. The molecule has 2 heterocycles. The van der Waals surface area contributed by atoms with Crippen LogP contribution in [0, 0.1) is 0 Å². The maximum atomic E-state index is 12.4. The number of carbonyl (C=O) groups is 2. The summed E-state index contributed by atoms with van der Waals surface area (Å²) in [6, 6.07) is 7.73. The minimum atomic E-state index is -0.591. The molecule has 2 saturated heterocycles. The Morgan fingerprint density at radius 1 is 1.00 bits per heavy atom. The fourth-order valence-electron chi connectivity index (χ4n) is 3.58. The summed E-state index contributed by atoms with van der Waals surface area (Å²) in [4.78, 5) is 28.5. The van der Waals surface area contributed by atoms with Crippen LogP contribution < -0.4 is 10.2 Å². The topological polar surface area (TPSA) is 61.9 Å². The summed E-state index contributed by atoms with van der Waals surface area (Å²) in [5, 5.41) is 2.71. The molecular weight excluding hydrogens is 318 g/mol. The summed E-state index contributed by atoms with van der Waals surface area (Å²) in [7, 11) is 0. The number of rotatable bonds is 2. The van der Waals surface area contributed by atoms with E-state index in [1.807, 2.05) is 38.1 Å². The van der Waals surface area contributed by atoms with Crippen molar-refractivity contribution in [3.63, 3.8) is 0 Å². The predicted molar refractivity (Wildman–Crippen MR) is 97.7 cm³/mol. The lowest BCUT2D eigenvalue weighted by molar-refractivity contribution is -0.151. The molecule has 2 amide bonds. The quantitative estimate of drug-likeness (QED) is 0.835. The molecule has 0 spiro atoms. The zero-order valence-electron chi connectivity index (χ0n) is 15.0. The maximum Gasteiger partial charge on any atom is 0.313 e. The highest BCUT2D eigenvalue weighted by Crippen LogP contribution is 2.22. The van der Waals surface area contributed by atoms with E-state index >= 15 is 0 Å². The van der Waals surface area contributed by atoms with E-state index in [9.17, 15) is 9.59 Å². The first-order chi connectivity index (χ1) is 12.0. The molecule has 6 nitrogen and oxygen atoms in total. The summed E-state index contributed by atoms with van der Waals surface area (Å²) in [5.74, 6) is -1.09. The van der Waals surface area contributed by atoms with Crippen molar-refractivity contribution in [3.05, 3.63) is 24.3 Å². The normalized spacial score (nSPS) is 24.1. The zero-order valence-corrected chi connectivity index (χ0v) is 15.0. The van der Waals surface area contributed by atoms with Crippen molar-refractivity contribution in [1.29, 1.82) is 0 Å². The summed E-state index contributed by atoms with van der Waals surface area (Å²) in [5.41, 5.74) is 1.81. The van der Waals surface area contributed by atoms with Crippen LogP contribution in [0.25, 0.3) is 0 Å². The monoisotopic (exact) mass is 345 g/mol. The van der Waals surface area contributed by atoms with Crippen LogP contribution in [0.2, 0.25) is 0 Å². The van der Waals surface area contributed by atoms with E-state index in [-0.39, 0.29) is 12.2 Å². The number of carbonyl (C=O) groups excluding carboxylic acids is 2. The highest BCUT2D eigenvalue weighted by Gasteiger charge is 2.29. The highest BCUT2D eigenvalue weighted by atomic mass is 16.5. The summed E-state index contributed by atoms with van der Waals surface area (Å²) in [6.07, 6.45) is 3.65. The SMILES string of the molecule is CC1CN(C(=O)C(=O)Nc2ccc(N3CCCCC3)cc2)CC(C)O1. The Bertz CT molecular complexity index is 601. The maximum absolute atomic E-state index is 12.4. The molecule has 0 aliphatic carbocycles.